The van der Waals surface area contributed by atoms with Crippen LogP contribution in [-0.2, 0) is 11.2 Å². The largest absolute Gasteiger partial charge is 0.381 e. The van der Waals surface area contributed by atoms with E-state index in [0.717, 1.165) is 5.56 Å². The predicted octanol–water partition coefficient (Wildman–Crippen LogP) is 2.98. The number of hydrogen-bond donors (Lipinski definition) is 1. The van der Waals surface area contributed by atoms with Crippen molar-refractivity contribution in [2.45, 2.75) is 19.4 Å². The Bertz CT molecular complexity index is 579. The van der Waals surface area contributed by atoms with Gasteiger partial charge in [-0.1, -0.05) is 36.4 Å². The van der Waals surface area contributed by atoms with Gasteiger partial charge in [0.05, 0.1) is 0 Å². The quantitative estimate of drug-likeness (QED) is 0.915. The number of halogens is 1. The van der Waals surface area contributed by atoms with Crippen LogP contribution < -0.4 is 0 Å². The first-order valence-corrected chi connectivity index (χ1v) is 6.08. The molecule has 1 N–H and O–H groups in total. The zero-order valence-electron chi connectivity index (χ0n) is 10.6. The molecule has 0 bridgehead atoms. The zero-order valence-corrected chi connectivity index (χ0v) is 10.6. The fourth-order valence-corrected chi connectivity index (χ4v) is 1.96. The van der Waals surface area contributed by atoms with Gasteiger partial charge < -0.3 is 5.11 Å². The number of rotatable bonds is 4. The van der Waals surface area contributed by atoms with Gasteiger partial charge in [-0.15, -0.1) is 0 Å². The van der Waals surface area contributed by atoms with Gasteiger partial charge in [-0.25, -0.2) is 4.39 Å². The molecule has 3 heteroatoms. The van der Waals surface area contributed by atoms with Crippen LogP contribution in [0.2, 0.25) is 0 Å². The summed E-state index contributed by atoms with van der Waals surface area (Å²) >= 11 is 0. The Morgan fingerprint density at radius 1 is 1.21 bits per heavy atom. The maximum absolute atomic E-state index is 13.0. The summed E-state index contributed by atoms with van der Waals surface area (Å²) in [6, 6.07) is 13.1. The zero-order chi connectivity index (χ0) is 13.8. The molecule has 0 aliphatic rings. The molecule has 19 heavy (non-hydrogen) atoms. The third kappa shape index (κ3) is 3.26. The molecule has 2 aromatic rings. The summed E-state index contributed by atoms with van der Waals surface area (Å²) in [5.74, 6) is -0.613. The van der Waals surface area contributed by atoms with E-state index in [0.29, 0.717) is 11.1 Å². The van der Waals surface area contributed by atoms with E-state index in [9.17, 15) is 14.3 Å². The summed E-state index contributed by atoms with van der Waals surface area (Å²) in [7, 11) is 0. The predicted molar refractivity (Wildman–Crippen MR) is 71.2 cm³/mol. The fourth-order valence-electron chi connectivity index (χ4n) is 1.96. The molecule has 2 nitrogen and oxygen atoms in total. The standard InChI is InChI=1S/C16H15FO2/c1-11-9-14(17)8-7-13(11)10-15(18)16(19)12-5-3-2-4-6-12/h2-9,16,19H,10H2,1H3. The van der Waals surface area contributed by atoms with Crippen LogP contribution in [0.3, 0.4) is 0 Å². The van der Waals surface area contributed by atoms with E-state index in [4.69, 9.17) is 0 Å². The maximum atomic E-state index is 13.0. The molecule has 2 aromatic carbocycles. The summed E-state index contributed by atoms with van der Waals surface area (Å²) in [6.07, 6.45) is -1.03. The SMILES string of the molecule is Cc1cc(F)ccc1CC(=O)C(O)c1ccccc1. The number of benzene rings is 2. The van der Waals surface area contributed by atoms with Crippen molar-refractivity contribution in [1.29, 1.82) is 0 Å². The normalized spacial score (nSPS) is 12.2. The minimum absolute atomic E-state index is 0.0994. The van der Waals surface area contributed by atoms with Crippen LogP contribution in [0.4, 0.5) is 4.39 Å². The molecule has 0 saturated carbocycles. The van der Waals surface area contributed by atoms with Gasteiger partial charge in [0.15, 0.2) is 5.78 Å². The van der Waals surface area contributed by atoms with Crippen LogP contribution in [-0.4, -0.2) is 10.9 Å². The minimum atomic E-state index is -1.13. The van der Waals surface area contributed by atoms with Gasteiger partial charge in [0, 0.05) is 6.42 Å². The average molecular weight is 258 g/mol. The summed E-state index contributed by atoms with van der Waals surface area (Å²) in [6.45, 7) is 1.75. The van der Waals surface area contributed by atoms with Crippen molar-refractivity contribution < 1.29 is 14.3 Å². The Labute approximate surface area is 111 Å². The molecule has 0 heterocycles. The number of carbonyl (C=O) groups is 1. The second-order valence-electron chi connectivity index (χ2n) is 4.53. The Balaban J connectivity index is 2.13. The minimum Gasteiger partial charge on any atom is -0.381 e. The lowest BCUT2D eigenvalue weighted by atomic mass is 9.97. The molecule has 2 rings (SSSR count). The first-order chi connectivity index (χ1) is 9.08. The van der Waals surface area contributed by atoms with E-state index in [1.807, 2.05) is 6.07 Å². The number of ketones is 1. The van der Waals surface area contributed by atoms with Crippen molar-refractivity contribution in [3.8, 4) is 0 Å². The van der Waals surface area contributed by atoms with Crippen molar-refractivity contribution in [2.24, 2.45) is 0 Å². The van der Waals surface area contributed by atoms with Crippen molar-refractivity contribution in [3.05, 3.63) is 71.0 Å². The van der Waals surface area contributed by atoms with Crippen molar-refractivity contribution in [1.82, 2.24) is 0 Å². The lowest BCUT2D eigenvalue weighted by Gasteiger charge is -2.11. The molecule has 0 radical (unpaired) electrons. The second-order valence-corrected chi connectivity index (χ2v) is 4.53. The highest BCUT2D eigenvalue weighted by atomic mass is 19.1. The number of aliphatic hydroxyl groups is 1. The molecule has 98 valence electrons. The lowest BCUT2D eigenvalue weighted by molar-refractivity contribution is -0.126. The molecule has 0 fully saturated rings. The first kappa shape index (κ1) is 13.4. The molecule has 0 aliphatic heterocycles. The first-order valence-electron chi connectivity index (χ1n) is 6.08. The highest BCUT2D eigenvalue weighted by Gasteiger charge is 2.18. The number of hydrogen-bond acceptors (Lipinski definition) is 2. The van der Waals surface area contributed by atoms with Gasteiger partial charge in [-0.2, -0.15) is 0 Å². The van der Waals surface area contributed by atoms with E-state index in [-0.39, 0.29) is 18.0 Å². The van der Waals surface area contributed by atoms with E-state index in [1.54, 1.807) is 37.3 Å². The van der Waals surface area contributed by atoms with E-state index in [2.05, 4.69) is 0 Å². The van der Waals surface area contributed by atoms with Crippen molar-refractivity contribution in [3.63, 3.8) is 0 Å². The van der Waals surface area contributed by atoms with Crippen molar-refractivity contribution in [2.75, 3.05) is 0 Å². The summed E-state index contributed by atoms with van der Waals surface area (Å²) < 4.78 is 13.0. The number of aryl methyl sites for hydroxylation is 1. The Morgan fingerprint density at radius 2 is 1.89 bits per heavy atom. The number of Topliss-reactive ketones (excluding diaryl/α,β-unsaturated/α-hetero) is 1. The van der Waals surface area contributed by atoms with Crippen LogP contribution >= 0.6 is 0 Å². The van der Waals surface area contributed by atoms with Crippen LogP contribution in [0.25, 0.3) is 0 Å². The molecular formula is C16H15FO2. The molecule has 0 amide bonds. The van der Waals surface area contributed by atoms with Crippen LogP contribution in [0, 0.1) is 12.7 Å². The molecule has 0 spiro atoms. The van der Waals surface area contributed by atoms with Crippen LogP contribution in [0.1, 0.15) is 22.8 Å². The Kier molecular flexibility index (Phi) is 4.07. The van der Waals surface area contributed by atoms with E-state index < -0.39 is 6.10 Å². The smallest absolute Gasteiger partial charge is 0.170 e. The summed E-state index contributed by atoms with van der Waals surface area (Å²) in [4.78, 5) is 12.0. The van der Waals surface area contributed by atoms with Gasteiger partial charge in [0.25, 0.3) is 0 Å². The molecule has 1 unspecified atom stereocenters. The molecule has 0 saturated heterocycles. The van der Waals surface area contributed by atoms with Crippen molar-refractivity contribution >= 4 is 5.78 Å². The number of carbonyl (C=O) groups excluding carboxylic acids is 1. The Morgan fingerprint density at radius 3 is 2.53 bits per heavy atom. The molecule has 0 aromatic heterocycles. The van der Waals surface area contributed by atoms with Gasteiger partial charge in [0.1, 0.15) is 11.9 Å². The Hall–Kier alpha value is -2.00. The molecule has 1 atom stereocenters. The summed E-state index contributed by atoms with van der Waals surface area (Å²) in [5, 5.41) is 9.97. The number of aliphatic hydroxyl groups excluding tert-OH is 1. The van der Waals surface area contributed by atoms with E-state index >= 15 is 0 Å². The van der Waals surface area contributed by atoms with Crippen LogP contribution in [0.5, 0.6) is 0 Å². The maximum Gasteiger partial charge on any atom is 0.170 e. The molecule has 0 aliphatic carbocycles. The van der Waals surface area contributed by atoms with Gasteiger partial charge >= 0.3 is 0 Å². The second kappa shape index (κ2) is 5.76. The highest BCUT2D eigenvalue weighted by molar-refractivity contribution is 5.86. The van der Waals surface area contributed by atoms with Gasteiger partial charge in [0.2, 0.25) is 0 Å². The fraction of sp³-hybridized carbons (Fsp3) is 0.188. The topological polar surface area (TPSA) is 37.3 Å². The average Bonchev–Trinajstić information content (AvgIpc) is 2.42. The monoisotopic (exact) mass is 258 g/mol. The third-order valence-electron chi connectivity index (χ3n) is 3.09. The van der Waals surface area contributed by atoms with Gasteiger partial charge in [-0.05, 0) is 35.7 Å². The third-order valence-corrected chi connectivity index (χ3v) is 3.09. The lowest BCUT2D eigenvalue weighted by Crippen LogP contribution is -2.15. The van der Waals surface area contributed by atoms with Gasteiger partial charge in [-0.3, -0.25) is 4.79 Å². The van der Waals surface area contributed by atoms with E-state index in [1.165, 1.54) is 12.1 Å². The molecular weight excluding hydrogens is 243 g/mol. The highest BCUT2D eigenvalue weighted by Crippen LogP contribution is 2.18. The van der Waals surface area contributed by atoms with Crippen LogP contribution in [0.15, 0.2) is 48.5 Å². The summed E-state index contributed by atoms with van der Waals surface area (Å²) in [5.41, 5.74) is 2.03.